The van der Waals surface area contributed by atoms with Crippen molar-refractivity contribution in [3.63, 3.8) is 0 Å². The zero-order valence-corrected chi connectivity index (χ0v) is 13.8. The van der Waals surface area contributed by atoms with Crippen molar-refractivity contribution < 1.29 is 0 Å². The van der Waals surface area contributed by atoms with Crippen molar-refractivity contribution in [3.8, 4) is 0 Å². The molecule has 0 radical (unpaired) electrons. The molecule has 2 aromatic heterocycles. The minimum atomic E-state index is 0.500. The number of hydrogen-bond donors (Lipinski definition) is 1. The SMILES string of the molecule is CCCNC(Cc1nccn1C)C1CCCc2sccc21. The second-order valence-corrected chi connectivity index (χ2v) is 7.02. The Morgan fingerprint density at radius 2 is 2.43 bits per heavy atom. The summed E-state index contributed by atoms with van der Waals surface area (Å²) >= 11 is 1.93. The van der Waals surface area contributed by atoms with Gasteiger partial charge in [-0.05, 0) is 49.2 Å². The Bertz CT molecular complexity index is 572. The third-order valence-corrected chi connectivity index (χ3v) is 5.56. The van der Waals surface area contributed by atoms with Crippen molar-refractivity contribution in [2.75, 3.05) is 6.54 Å². The summed E-state index contributed by atoms with van der Waals surface area (Å²) in [6.07, 6.45) is 10.0. The van der Waals surface area contributed by atoms with Gasteiger partial charge in [0.1, 0.15) is 5.82 Å². The first-order valence-corrected chi connectivity index (χ1v) is 8.93. The topological polar surface area (TPSA) is 29.9 Å². The fraction of sp³-hybridized carbons (Fsp3) is 0.588. The monoisotopic (exact) mass is 303 g/mol. The van der Waals surface area contributed by atoms with Gasteiger partial charge in [-0.15, -0.1) is 11.3 Å². The van der Waals surface area contributed by atoms with Crippen LogP contribution in [0.15, 0.2) is 23.8 Å². The molecule has 0 saturated carbocycles. The molecule has 0 aliphatic heterocycles. The molecule has 0 amide bonds. The van der Waals surface area contributed by atoms with Gasteiger partial charge in [-0.25, -0.2) is 4.98 Å². The lowest BCUT2D eigenvalue weighted by Gasteiger charge is -2.31. The molecule has 2 aromatic rings. The smallest absolute Gasteiger partial charge is 0.109 e. The second kappa shape index (κ2) is 6.75. The summed E-state index contributed by atoms with van der Waals surface area (Å²) in [5, 5.41) is 6.05. The fourth-order valence-corrected chi connectivity index (χ4v) is 4.41. The molecule has 114 valence electrons. The van der Waals surface area contributed by atoms with Crippen molar-refractivity contribution in [3.05, 3.63) is 40.1 Å². The van der Waals surface area contributed by atoms with E-state index in [4.69, 9.17) is 0 Å². The van der Waals surface area contributed by atoms with Crippen LogP contribution in [0.5, 0.6) is 0 Å². The van der Waals surface area contributed by atoms with Gasteiger partial charge in [0.25, 0.3) is 0 Å². The molecule has 2 heterocycles. The van der Waals surface area contributed by atoms with Gasteiger partial charge in [0.15, 0.2) is 0 Å². The van der Waals surface area contributed by atoms with E-state index < -0.39 is 0 Å². The lowest BCUT2D eigenvalue weighted by Crippen LogP contribution is -2.39. The number of nitrogens with one attached hydrogen (secondary N) is 1. The highest BCUT2D eigenvalue weighted by Crippen LogP contribution is 2.37. The molecular weight excluding hydrogens is 278 g/mol. The first-order chi connectivity index (χ1) is 10.3. The number of thiophene rings is 1. The molecule has 0 spiro atoms. The normalized spacial score (nSPS) is 19.4. The predicted molar refractivity (Wildman–Crippen MR) is 89.0 cm³/mol. The Balaban J connectivity index is 1.81. The van der Waals surface area contributed by atoms with Gasteiger partial charge in [-0.1, -0.05) is 6.92 Å². The molecule has 0 aromatic carbocycles. The molecule has 3 rings (SSSR count). The van der Waals surface area contributed by atoms with Crippen LogP contribution in [0.25, 0.3) is 0 Å². The van der Waals surface area contributed by atoms with E-state index in [0.29, 0.717) is 12.0 Å². The maximum atomic E-state index is 4.53. The zero-order chi connectivity index (χ0) is 14.7. The van der Waals surface area contributed by atoms with E-state index in [2.05, 4.69) is 40.3 Å². The highest BCUT2D eigenvalue weighted by atomic mass is 32.1. The van der Waals surface area contributed by atoms with E-state index in [0.717, 1.165) is 13.0 Å². The van der Waals surface area contributed by atoms with Crippen LogP contribution in [0.4, 0.5) is 0 Å². The molecule has 3 nitrogen and oxygen atoms in total. The fourth-order valence-electron chi connectivity index (χ4n) is 3.42. The van der Waals surface area contributed by atoms with E-state index in [1.54, 1.807) is 10.4 Å². The minimum Gasteiger partial charge on any atom is -0.338 e. The molecule has 2 atom stereocenters. The molecule has 0 saturated heterocycles. The van der Waals surface area contributed by atoms with Crippen LogP contribution >= 0.6 is 11.3 Å². The lowest BCUT2D eigenvalue weighted by molar-refractivity contribution is 0.384. The number of imidazole rings is 1. The summed E-state index contributed by atoms with van der Waals surface area (Å²) < 4.78 is 2.15. The van der Waals surface area contributed by atoms with Crippen molar-refractivity contribution in [1.29, 1.82) is 0 Å². The summed E-state index contributed by atoms with van der Waals surface area (Å²) in [6, 6.07) is 2.85. The maximum absolute atomic E-state index is 4.53. The van der Waals surface area contributed by atoms with Crippen LogP contribution in [0.1, 0.15) is 48.4 Å². The number of fused-ring (bicyclic) bond motifs is 1. The summed E-state index contributed by atoms with van der Waals surface area (Å²) in [6.45, 7) is 3.33. The van der Waals surface area contributed by atoms with E-state index in [1.165, 1.54) is 31.5 Å². The highest BCUT2D eigenvalue weighted by molar-refractivity contribution is 7.10. The first-order valence-electron chi connectivity index (χ1n) is 8.05. The lowest BCUT2D eigenvalue weighted by atomic mass is 9.81. The Morgan fingerprint density at radius 3 is 3.19 bits per heavy atom. The van der Waals surface area contributed by atoms with E-state index in [1.807, 2.05) is 23.7 Å². The van der Waals surface area contributed by atoms with Crippen LogP contribution < -0.4 is 5.32 Å². The average molecular weight is 303 g/mol. The number of hydrogen-bond acceptors (Lipinski definition) is 3. The van der Waals surface area contributed by atoms with Crippen molar-refractivity contribution in [2.24, 2.45) is 7.05 Å². The van der Waals surface area contributed by atoms with Crippen molar-refractivity contribution >= 4 is 11.3 Å². The number of rotatable bonds is 6. The molecule has 21 heavy (non-hydrogen) atoms. The van der Waals surface area contributed by atoms with E-state index in [-0.39, 0.29) is 0 Å². The maximum Gasteiger partial charge on any atom is 0.109 e. The van der Waals surface area contributed by atoms with Gasteiger partial charge in [-0.2, -0.15) is 0 Å². The molecule has 0 fully saturated rings. The molecule has 0 bridgehead atoms. The van der Waals surface area contributed by atoms with Crippen LogP contribution in [0.2, 0.25) is 0 Å². The Hall–Kier alpha value is -1.13. The van der Waals surface area contributed by atoms with Gasteiger partial charge < -0.3 is 9.88 Å². The van der Waals surface area contributed by atoms with Gasteiger partial charge in [0.2, 0.25) is 0 Å². The molecule has 1 N–H and O–H groups in total. The van der Waals surface area contributed by atoms with Gasteiger partial charge in [0.05, 0.1) is 0 Å². The molecule has 2 unspecified atom stereocenters. The molecule has 1 aliphatic rings. The number of aryl methyl sites for hydroxylation is 2. The highest BCUT2D eigenvalue weighted by Gasteiger charge is 2.29. The molecule has 4 heteroatoms. The van der Waals surface area contributed by atoms with Crippen LogP contribution in [0.3, 0.4) is 0 Å². The van der Waals surface area contributed by atoms with Gasteiger partial charge >= 0.3 is 0 Å². The third kappa shape index (κ3) is 3.22. The summed E-state index contributed by atoms with van der Waals surface area (Å²) in [5.74, 6) is 1.83. The number of aromatic nitrogens is 2. The summed E-state index contributed by atoms with van der Waals surface area (Å²) in [7, 11) is 2.09. The first kappa shape index (κ1) is 14.8. The molecular formula is C17H25N3S. The minimum absolute atomic E-state index is 0.500. The standard InChI is InChI=1S/C17H25N3S/c1-3-8-18-15(12-17-19-9-10-20(17)2)13-5-4-6-16-14(13)7-11-21-16/h7,9-11,13,15,18H,3-6,8,12H2,1-2H3. The molecule has 1 aliphatic carbocycles. The Morgan fingerprint density at radius 1 is 1.52 bits per heavy atom. The van der Waals surface area contributed by atoms with Crippen LogP contribution in [0, 0.1) is 0 Å². The van der Waals surface area contributed by atoms with Gasteiger partial charge in [0, 0.05) is 42.7 Å². The third-order valence-electron chi connectivity index (χ3n) is 4.56. The number of nitrogens with zero attached hydrogens (tertiary/aromatic N) is 2. The predicted octanol–water partition coefficient (Wildman–Crippen LogP) is 3.51. The van der Waals surface area contributed by atoms with Crippen LogP contribution in [-0.2, 0) is 19.9 Å². The van der Waals surface area contributed by atoms with Crippen molar-refractivity contribution in [1.82, 2.24) is 14.9 Å². The summed E-state index contributed by atoms with van der Waals surface area (Å²) in [4.78, 5) is 6.13. The van der Waals surface area contributed by atoms with E-state index >= 15 is 0 Å². The Kier molecular flexibility index (Phi) is 4.76. The average Bonchev–Trinajstić information content (AvgIpc) is 3.12. The quantitative estimate of drug-likeness (QED) is 0.885. The van der Waals surface area contributed by atoms with Gasteiger partial charge in [-0.3, -0.25) is 0 Å². The van der Waals surface area contributed by atoms with Crippen LogP contribution in [-0.4, -0.2) is 22.1 Å². The van der Waals surface area contributed by atoms with Crippen molar-refractivity contribution in [2.45, 2.75) is 51.0 Å². The second-order valence-electron chi connectivity index (χ2n) is 6.02. The van der Waals surface area contributed by atoms with E-state index in [9.17, 15) is 0 Å². The zero-order valence-electron chi connectivity index (χ0n) is 13.0. The largest absolute Gasteiger partial charge is 0.338 e. The Labute approximate surface area is 131 Å². The summed E-state index contributed by atoms with van der Waals surface area (Å²) in [5.41, 5.74) is 1.59.